The third-order valence-corrected chi connectivity index (χ3v) is 9.30. The van der Waals surface area contributed by atoms with Gasteiger partial charge < -0.3 is 9.15 Å². The summed E-state index contributed by atoms with van der Waals surface area (Å²) in [4.78, 5) is 18.4. The molecule has 3 aromatic carbocycles. The summed E-state index contributed by atoms with van der Waals surface area (Å²) in [6, 6.07) is 23.9. The Morgan fingerprint density at radius 3 is 2.46 bits per heavy atom. The molecule has 5 rings (SSSR count). The van der Waals surface area contributed by atoms with E-state index in [-0.39, 0.29) is 23.0 Å². The highest BCUT2D eigenvalue weighted by Crippen LogP contribution is 2.32. The number of benzene rings is 3. The first-order chi connectivity index (χ1) is 19.8. The van der Waals surface area contributed by atoms with Crippen molar-refractivity contribution in [2.75, 3.05) is 12.1 Å². The molecule has 2 aromatic heterocycles. The topological polar surface area (TPSA) is 105 Å². The summed E-state index contributed by atoms with van der Waals surface area (Å²) in [7, 11) is -2.25. The number of amides is 1. The van der Waals surface area contributed by atoms with Crippen molar-refractivity contribution in [3.8, 4) is 5.75 Å². The zero-order valence-corrected chi connectivity index (χ0v) is 24.3. The van der Waals surface area contributed by atoms with Crippen LogP contribution in [0.15, 0.2) is 106 Å². The van der Waals surface area contributed by atoms with Gasteiger partial charge in [-0.3, -0.25) is 4.79 Å². The number of carbonyl (C=O) groups is 1. The lowest BCUT2D eigenvalue weighted by molar-refractivity contribution is 0.0987. The molecule has 9 nitrogen and oxygen atoms in total. The van der Waals surface area contributed by atoms with E-state index in [9.17, 15) is 13.2 Å². The number of sulfonamides is 1. The number of rotatable bonds is 10. The standard InChI is InChI=1S/C30H28N4O5S2/c1-21(2)33(20-22-8-5-4-6-9-22)41(36,37)26-14-11-23(12-15-26)29(35)34(31-19-25-10-7-17-39-25)30-32-27-16-13-24(38-3)18-28(27)40-30/h4-19,21H,20H2,1-3H3/b31-19+. The smallest absolute Gasteiger partial charge is 0.280 e. The van der Waals surface area contributed by atoms with Gasteiger partial charge >= 0.3 is 0 Å². The van der Waals surface area contributed by atoms with Gasteiger partial charge in [0.15, 0.2) is 0 Å². The van der Waals surface area contributed by atoms with E-state index in [1.54, 1.807) is 25.3 Å². The predicted molar refractivity (Wildman–Crippen MR) is 160 cm³/mol. The Morgan fingerprint density at radius 1 is 1.05 bits per heavy atom. The Balaban J connectivity index is 1.46. The number of fused-ring (bicyclic) bond motifs is 1. The van der Waals surface area contributed by atoms with Gasteiger partial charge in [-0.25, -0.2) is 13.4 Å². The van der Waals surface area contributed by atoms with Crippen LogP contribution in [0.4, 0.5) is 5.13 Å². The quantitative estimate of drug-likeness (QED) is 0.143. The van der Waals surface area contributed by atoms with Crippen molar-refractivity contribution in [2.24, 2.45) is 5.10 Å². The van der Waals surface area contributed by atoms with E-state index in [1.165, 1.54) is 57.4 Å². The van der Waals surface area contributed by atoms with Crippen LogP contribution in [-0.2, 0) is 16.6 Å². The van der Waals surface area contributed by atoms with Crippen molar-refractivity contribution < 1.29 is 22.4 Å². The Hall–Kier alpha value is -4.32. The van der Waals surface area contributed by atoms with Crippen LogP contribution in [0.1, 0.15) is 35.5 Å². The number of aromatic nitrogens is 1. The Morgan fingerprint density at radius 2 is 1.80 bits per heavy atom. The molecule has 210 valence electrons. The van der Waals surface area contributed by atoms with Crippen LogP contribution in [0, 0.1) is 0 Å². The van der Waals surface area contributed by atoms with Crippen LogP contribution in [0.2, 0.25) is 0 Å². The molecule has 0 aliphatic carbocycles. The van der Waals surface area contributed by atoms with E-state index >= 15 is 0 Å². The number of thiazole rings is 1. The second-order valence-corrected chi connectivity index (χ2v) is 12.3. The molecule has 1 amide bonds. The molecule has 0 fully saturated rings. The summed E-state index contributed by atoms with van der Waals surface area (Å²) in [5, 5.41) is 5.89. The fourth-order valence-electron chi connectivity index (χ4n) is 4.11. The maximum atomic E-state index is 13.7. The number of anilines is 1. The Labute approximate surface area is 242 Å². The largest absolute Gasteiger partial charge is 0.497 e. The van der Waals surface area contributed by atoms with Crippen molar-refractivity contribution in [1.29, 1.82) is 0 Å². The number of hydrogen-bond donors (Lipinski definition) is 0. The first kappa shape index (κ1) is 28.2. The van der Waals surface area contributed by atoms with Crippen molar-refractivity contribution >= 4 is 48.8 Å². The molecule has 0 saturated heterocycles. The molecule has 0 atom stereocenters. The minimum atomic E-state index is -3.83. The summed E-state index contributed by atoms with van der Waals surface area (Å²) < 4.78 is 40.1. The molecule has 0 bridgehead atoms. The molecule has 5 aromatic rings. The first-order valence-electron chi connectivity index (χ1n) is 12.8. The molecule has 0 aliphatic rings. The molecule has 11 heteroatoms. The second kappa shape index (κ2) is 12.0. The van der Waals surface area contributed by atoms with Crippen LogP contribution in [-0.4, -0.2) is 43.0 Å². The Bertz CT molecular complexity index is 1770. The molecule has 2 heterocycles. The summed E-state index contributed by atoms with van der Waals surface area (Å²) in [5.41, 5.74) is 1.82. The number of carbonyl (C=O) groups excluding carboxylic acids is 1. The fourth-order valence-corrected chi connectivity index (χ4v) is 6.69. The van der Waals surface area contributed by atoms with Crippen LogP contribution >= 0.6 is 11.3 Å². The third kappa shape index (κ3) is 6.22. The van der Waals surface area contributed by atoms with Crippen molar-refractivity contribution in [1.82, 2.24) is 9.29 Å². The van der Waals surface area contributed by atoms with Gasteiger partial charge in [0.25, 0.3) is 5.91 Å². The van der Waals surface area contributed by atoms with Gasteiger partial charge in [-0.1, -0.05) is 41.7 Å². The monoisotopic (exact) mass is 588 g/mol. The van der Waals surface area contributed by atoms with Gasteiger partial charge in [0.2, 0.25) is 15.2 Å². The Kier molecular flexibility index (Phi) is 8.29. The highest BCUT2D eigenvalue weighted by atomic mass is 32.2. The zero-order chi connectivity index (χ0) is 29.0. The van der Waals surface area contributed by atoms with Gasteiger partial charge in [0.05, 0.1) is 34.7 Å². The molecule has 0 radical (unpaired) electrons. The predicted octanol–water partition coefficient (Wildman–Crippen LogP) is 6.18. The molecular weight excluding hydrogens is 560 g/mol. The normalized spacial score (nSPS) is 12.0. The lowest BCUT2D eigenvalue weighted by Gasteiger charge is -2.26. The molecule has 41 heavy (non-hydrogen) atoms. The lowest BCUT2D eigenvalue weighted by Crippen LogP contribution is -2.36. The summed E-state index contributed by atoms with van der Waals surface area (Å²) in [6.07, 6.45) is 2.93. The maximum absolute atomic E-state index is 13.7. The van der Waals surface area contributed by atoms with Crippen molar-refractivity contribution in [3.63, 3.8) is 0 Å². The molecule has 0 N–H and O–H groups in total. The van der Waals surface area contributed by atoms with Gasteiger partial charge in [-0.15, -0.1) is 0 Å². The van der Waals surface area contributed by atoms with E-state index in [4.69, 9.17) is 9.15 Å². The second-order valence-electron chi connectivity index (χ2n) is 9.36. The van der Waals surface area contributed by atoms with E-state index in [0.717, 1.165) is 10.3 Å². The number of ether oxygens (including phenoxy) is 1. The van der Waals surface area contributed by atoms with E-state index in [1.807, 2.05) is 56.3 Å². The van der Waals surface area contributed by atoms with Crippen LogP contribution in [0.25, 0.3) is 10.2 Å². The summed E-state index contributed by atoms with van der Waals surface area (Å²) in [6.45, 7) is 3.90. The molecule has 0 saturated carbocycles. The number of hydrazone groups is 1. The van der Waals surface area contributed by atoms with E-state index < -0.39 is 15.9 Å². The number of methoxy groups -OCH3 is 1. The molecular formula is C30H28N4O5S2. The van der Waals surface area contributed by atoms with E-state index in [0.29, 0.717) is 22.2 Å². The zero-order valence-electron chi connectivity index (χ0n) is 22.7. The maximum Gasteiger partial charge on any atom is 0.280 e. The highest BCUT2D eigenvalue weighted by molar-refractivity contribution is 7.89. The van der Waals surface area contributed by atoms with Gasteiger partial charge in [-0.2, -0.15) is 14.4 Å². The van der Waals surface area contributed by atoms with Gasteiger partial charge in [-0.05, 0) is 74.0 Å². The molecule has 0 unspecified atom stereocenters. The first-order valence-corrected chi connectivity index (χ1v) is 15.0. The average molecular weight is 589 g/mol. The van der Waals surface area contributed by atoms with E-state index in [2.05, 4.69) is 10.1 Å². The highest BCUT2D eigenvalue weighted by Gasteiger charge is 2.28. The number of hydrogen-bond acceptors (Lipinski definition) is 8. The SMILES string of the molecule is COc1ccc2nc(N(/N=C/c3ccco3)C(=O)c3ccc(S(=O)(=O)N(Cc4ccccc4)C(C)C)cc3)sc2c1. The van der Waals surface area contributed by atoms with Crippen LogP contribution < -0.4 is 9.75 Å². The van der Waals surface area contributed by atoms with Crippen molar-refractivity contribution in [2.45, 2.75) is 31.3 Å². The van der Waals surface area contributed by atoms with Gasteiger partial charge in [0.1, 0.15) is 11.5 Å². The lowest BCUT2D eigenvalue weighted by atomic mass is 10.2. The van der Waals surface area contributed by atoms with Gasteiger partial charge in [0, 0.05) is 18.2 Å². The number of furan rings is 1. The summed E-state index contributed by atoms with van der Waals surface area (Å²) >= 11 is 1.28. The molecule has 0 aliphatic heterocycles. The minimum Gasteiger partial charge on any atom is -0.497 e. The minimum absolute atomic E-state index is 0.0939. The average Bonchev–Trinajstić information content (AvgIpc) is 3.66. The van der Waals surface area contributed by atoms with Crippen LogP contribution in [0.5, 0.6) is 5.75 Å². The van der Waals surface area contributed by atoms with Crippen molar-refractivity contribution in [3.05, 3.63) is 108 Å². The fraction of sp³-hybridized carbons (Fsp3) is 0.167. The third-order valence-electron chi connectivity index (χ3n) is 6.27. The molecule has 0 spiro atoms. The van der Waals surface area contributed by atoms with Crippen LogP contribution in [0.3, 0.4) is 0 Å². The number of nitrogens with zero attached hydrogens (tertiary/aromatic N) is 4. The summed E-state index contributed by atoms with van der Waals surface area (Å²) in [5.74, 6) is 0.649.